The van der Waals surface area contributed by atoms with Crippen molar-refractivity contribution >= 4 is 5.97 Å². The molecule has 184 valence electrons. The Kier molecular flexibility index (Phi) is 9.00. The van der Waals surface area contributed by atoms with Crippen LogP contribution < -0.4 is 0 Å². The molecule has 3 aromatic carbocycles. The van der Waals surface area contributed by atoms with Crippen LogP contribution in [0.4, 0.5) is 0 Å². The van der Waals surface area contributed by atoms with Crippen molar-refractivity contribution in [1.82, 2.24) is 0 Å². The molecule has 35 heavy (non-hydrogen) atoms. The number of esters is 1. The third-order valence-electron chi connectivity index (χ3n) is 5.80. The van der Waals surface area contributed by atoms with Gasteiger partial charge in [-0.2, -0.15) is 0 Å². The van der Waals surface area contributed by atoms with Crippen molar-refractivity contribution in [2.75, 3.05) is 7.11 Å². The van der Waals surface area contributed by atoms with Gasteiger partial charge in [-0.15, -0.1) is 0 Å². The van der Waals surface area contributed by atoms with Crippen LogP contribution in [0.1, 0.15) is 16.7 Å². The molecule has 0 amide bonds. The molecule has 7 heteroatoms. The van der Waals surface area contributed by atoms with Crippen molar-refractivity contribution in [3.8, 4) is 0 Å². The Morgan fingerprint density at radius 2 is 1.09 bits per heavy atom. The summed E-state index contributed by atoms with van der Waals surface area (Å²) in [5, 5.41) is 10.8. The monoisotopic (exact) mass is 478 g/mol. The van der Waals surface area contributed by atoms with Crippen LogP contribution in [0.5, 0.6) is 0 Å². The second-order valence-electron chi connectivity index (χ2n) is 8.25. The summed E-state index contributed by atoms with van der Waals surface area (Å²) < 4.78 is 29.2. The first kappa shape index (κ1) is 25.0. The Morgan fingerprint density at radius 1 is 0.686 bits per heavy atom. The van der Waals surface area contributed by atoms with E-state index < -0.39 is 36.7 Å². The van der Waals surface area contributed by atoms with Gasteiger partial charge in [0.15, 0.2) is 12.4 Å². The first-order valence-electron chi connectivity index (χ1n) is 11.5. The molecule has 1 saturated heterocycles. The van der Waals surface area contributed by atoms with E-state index in [1.807, 2.05) is 91.0 Å². The fourth-order valence-corrected chi connectivity index (χ4v) is 3.98. The average Bonchev–Trinajstić information content (AvgIpc) is 2.91. The molecule has 3 aromatic rings. The van der Waals surface area contributed by atoms with Crippen molar-refractivity contribution in [2.24, 2.45) is 0 Å². The van der Waals surface area contributed by atoms with Crippen molar-refractivity contribution < 1.29 is 33.6 Å². The SMILES string of the molecule is COC(=O)[C@H]1OC(O)[C@H](OCc2ccccc2)[C@@H](OCc2ccccc2)[C@@H]1OCc1ccccc1. The molecule has 1 aliphatic heterocycles. The molecule has 0 saturated carbocycles. The third kappa shape index (κ3) is 6.75. The Morgan fingerprint density at radius 3 is 1.51 bits per heavy atom. The molecule has 1 aliphatic rings. The number of ether oxygens (including phenoxy) is 5. The van der Waals surface area contributed by atoms with E-state index >= 15 is 0 Å². The van der Waals surface area contributed by atoms with Crippen molar-refractivity contribution in [3.63, 3.8) is 0 Å². The lowest BCUT2D eigenvalue weighted by atomic mass is 9.97. The maximum atomic E-state index is 12.6. The highest BCUT2D eigenvalue weighted by atomic mass is 16.7. The highest BCUT2D eigenvalue weighted by Gasteiger charge is 2.51. The van der Waals surface area contributed by atoms with Gasteiger partial charge in [-0.25, -0.2) is 4.79 Å². The maximum absolute atomic E-state index is 12.6. The van der Waals surface area contributed by atoms with E-state index in [2.05, 4.69) is 0 Å². The van der Waals surface area contributed by atoms with Crippen LogP contribution in [0.25, 0.3) is 0 Å². The Labute approximate surface area is 205 Å². The molecule has 0 aromatic heterocycles. The Bertz CT molecular complexity index is 1030. The van der Waals surface area contributed by atoms with Crippen LogP contribution in [0.15, 0.2) is 91.0 Å². The number of benzene rings is 3. The van der Waals surface area contributed by atoms with Crippen LogP contribution in [-0.4, -0.2) is 48.9 Å². The summed E-state index contributed by atoms with van der Waals surface area (Å²) >= 11 is 0. The van der Waals surface area contributed by atoms with Crippen LogP contribution in [0, 0.1) is 0 Å². The van der Waals surface area contributed by atoms with Crippen LogP contribution in [0.3, 0.4) is 0 Å². The van der Waals surface area contributed by atoms with Gasteiger partial charge in [-0.1, -0.05) is 91.0 Å². The molecule has 4 rings (SSSR count). The summed E-state index contributed by atoms with van der Waals surface area (Å²) in [5.41, 5.74) is 2.79. The minimum absolute atomic E-state index is 0.217. The van der Waals surface area contributed by atoms with E-state index in [0.717, 1.165) is 16.7 Å². The van der Waals surface area contributed by atoms with Gasteiger partial charge >= 0.3 is 5.97 Å². The summed E-state index contributed by atoms with van der Waals surface area (Å²) in [6.07, 6.45) is -5.19. The Hall–Kier alpha value is -3.07. The zero-order valence-corrected chi connectivity index (χ0v) is 19.6. The average molecular weight is 479 g/mol. The lowest BCUT2D eigenvalue weighted by Gasteiger charge is -2.43. The van der Waals surface area contributed by atoms with Gasteiger partial charge in [0.1, 0.15) is 18.3 Å². The predicted molar refractivity (Wildman–Crippen MR) is 128 cm³/mol. The largest absolute Gasteiger partial charge is 0.467 e. The summed E-state index contributed by atoms with van der Waals surface area (Å²) in [5.74, 6) is -0.656. The summed E-state index contributed by atoms with van der Waals surface area (Å²) in [4.78, 5) is 12.6. The molecule has 5 atom stereocenters. The number of hydrogen-bond acceptors (Lipinski definition) is 7. The van der Waals surface area contributed by atoms with E-state index in [1.54, 1.807) is 0 Å². The normalized spacial score (nSPS) is 24.1. The lowest BCUT2D eigenvalue weighted by Crippen LogP contribution is -2.62. The number of rotatable bonds is 10. The molecule has 7 nitrogen and oxygen atoms in total. The molecule has 1 fully saturated rings. The lowest BCUT2D eigenvalue weighted by molar-refractivity contribution is -0.308. The molecule has 0 bridgehead atoms. The molecular formula is C28H30O7. The molecule has 0 aliphatic carbocycles. The first-order chi connectivity index (χ1) is 17.2. The highest BCUT2D eigenvalue weighted by molar-refractivity contribution is 5.75. The van der Waals surface area contributed by atoms with Gasteiger partial charge in [0.2, 0.25) is 0 Å². The van der Waals surface area contributed by atoms with Crippen molar-refractivity contribution in [3.05, 3.63) is 108 Å². The summed E-state index contributed by atoms with van der Waals surface area (Å²) in [6.45, 7) is 0.684. The second-order valence-corrected chi connectivity index (χ2v) is 8.25. The van der Waals surface area contributed by atoms with Crippen molar-refractivity contribution in [2.45, 2.75) is 50.5 Å². The molecule has 1 N–H and O–H groups in total. The van der Waals surface area contributed by atoms with Crippen LogP contribution in [0.2, 0.25) is 0 Å². The minimum atomic E-state index is -1.42. The van der Waals surface area contributed by atoms with Gasteiger partial charge in [0, 0.05) is 0 Å². The van der Waals surface area contributed by atoms with Gasteiger partial charge in [-0.3, -0.25) is 0 Å². The number of carbonyl (C=O) groups excluding carboxylic acids is 1. The van der Waals surface area contributed by atoms with E-state index in [1.165, 1.54) is 7.11 Å². The molecule has 1 unspecified atom stereocenters. The summed E-state index contributed by atoms with van der Waals surface area (Å²) in [6, 6.07) is 28.8. The topological polar surface area (TPSA) is 83.5 Å². The van der Waals surface area contributed by atoms with E-state index in [4.69, 9.17) is 23.7 Å². The molecule has 0 spiro atoms. The number of hydrogen-bond donors (Lipinski definition) is 1. The van der Waals surface area contributed by atoms with E-state index in [9.17, 15) is 9.90 Å². The number of aliphatic hydroxyl groups excluding tert-OH is 1. The molecule has 0 radical (unpaired) electrons. The van der Waals surface area contributed by atoms with E-state index in [0.29, 0.717) is 0 Å². The fourth-order valence-electron chi connectivity index (χ4n) is 3.98. The van der Waals surface area contributed by atoms with Crippen LogP contribution >= 0.6 is 0 Å². The standard InChI is InChI=1S/C28H30O7/c1-31-27(29)26-24(33-18-21-13-7-3-8-14-21)23(32-17-20-11-5-2-6-12-20)25(28(30)35-26)34-19-22-15-9-4-10-16-22/h2-16,23-26,28,30H,17-19H2,1H3/t23-,24-,25+,26-,28?/m0/s1. The number of methoxy groups -OCH3 is 1. The first-order valence-corrected chi connectivity index (χ1v) is 11.5. The zero-order chi connectivity index (χ0) is 24.5. The highest BCUT2D eigenvalue weighted by Crippen LogP contribution is 2.30. The fraction of sp³-hybridized carbons (Fsp3) is 0.321. The third-order valence-corrected chi connectivity index (χ3v) is 5.80. The van der Waals surface area contributed by atoms with Crippen LogP contribution in [-0.2, 0) is 48.3 Å². The van der Waals surface area contributed by atoms with Gasteiger partial charge in [0.05, 0.1) is 26.9 Å². The smallest absolute Gasteiger partial charge is 0.337 e. The quantitative estimate of drug-likeness (QED) is 0.446. The number of aliphatic hydroxyl groups is 1. The second kappa shape index (κ2) is 12.6. The van der Waals surface area contributed by atoms with E-state index in [-0.39, 0.29) is 19.8 Å². The van der Waals surface area contributed by atoms with Gasteiger partial charge in [-0.05, 0) is 16.7 Å². The van der Waals surface area contributed by atoms with Gasteiger partial charge in [0.25, 0.3) is 0 Å². The summed E-state index contributed by atoms with van der Waals surface area (Å²) in [7, 11) is 1.27. The number of carbonyl (C=O) groups is 1. The minimum Gasteiger partial charge on any atom is -0.467 e. The molecular weight excluding hydrogens is 448 g/mol. The van der Waals surface area contributed by atoms with Gasteiger partial charge < -0.3 is 28.8 Å². The predicted octanol–water partition coefficient (Wildman–Crippen LogP) is 3.63. The Balaban J connectivity index is 1.59. The van der Waals surface area contributed by atoms with Crippen molar-refractivity contribution in [1.29, 1.82) is 0 Å². The zero-order valence-electron chi connectivity index (χ0n) is 19.6. The molecule has 1 heterocycles. The maximum Gasteiger partial charge on any atom is 0.337 e.